The lowest BCUT2D eigenvalue weighted by Crippen LogP contribution is -2.42. The van der Waals surface area contributed by atoms with Crippen LogP contribution in [0, 0.1) is 0 Å². The molecular formula is C16H31N3O3. The zero-order valence-electron chi connectivity index (χ0n) is 14.6. The Morgan fingerprint density at radius 2 is 1.91 bits per heavy atom. The molecule has 1 heterocycles. The Morgan fingerprint density at radius 3 is 2.50 bits per heavy atom. The van der Waals surface area contributed by atoms with Crippen molar-refractivity contribution in [2.24, 2.45) is 0 Å². The van der Waals surface area contributed by atoms with Gasteiger partial charge < -0.3 is 20.3 Å². The van der Waals surface area contributed by atoms with Crippen LogP contribution < -0.4 is 10.6 Å². The zero-order valence-corrected chi connectivity index (χ0v) is 14.6. The van der Waals surface area contributed by atoms with E-state index >= 15 is 0 Å². The van der Waals surface area contributed by atoms with Crippen LogP contribution in [-0.4, -0.2) is 54.2 Å². The maximum atomic E-state index is 12.1. The highest BCUT2D eigenvalue weighted by molar-refractivity contribution is 5.78. The third kappa shape index (κ3) is 7.64. The molecule has 0 bridgehead atoms. The number of hydrogen-bond donors (Lipinski definition) is 2. The van der Waals surface area contributed by atoms with Gasteiger partial charge in [0.1, 0.15) is 5.60 Å². The molecule has 2 N–H and O–H groups in total. The van der Waals surface area contributed by atoms with Crippen LogP contribution in [0.4, 0.5) is 4.79 Å². The van der Waals surface area contributed by atoms with Gasteiger partial charge in [0.15, 0.2) is 0 Å². The van der Waals surface area contributed by atoms with Crippen LogP contribution in [0.1, 0.15) is 53.9 Å². The average Bonchev–Trinajstić information content (AvgIpc) is 2.58. The summed E-state index contributed by atoms with van der Waals surface area (Å²) in [4.78, 5) is 25.5. The summed E-state index contributed by atoms with van der Waals surface area (Å²) in [6, 6.07) is 0.427. The van der Waals surface area contributed by atoms with Crippen LogP contribution in [0.5, 0.6) is 0 Å². The number of nitrogens with zero attached hydrogens (tertiary/aromatic N) is 1. The number of ether oxygens (including phenoxy) is 1. The maximum Gasteiger partial charge on any atom is 0.410 e. The maximum absolute atomic E-state index is 12.1. The molecule has 0 aromatic heterocycles. The van der Waals surface area contributed by atoms with E-state index in [0.717, 1.165) is 19.3 Å². The van der Waals surface area contributed by atoms with E-state index in [1.54, 1.807) is 4.90 Å². The van der Waals surface area contributed by atoms with Gasteiger partial charge in [-0.3, -0.25) is 4.79 Å². The highest BCUT2D eigenvalue weighted by Crippen LogP contribution is 2.15. The number of amides is 2. The van der Waals surface area contributed by atoms with Crippen molar-refractivity contribution in [2.45, 2.75) is 71.6 Å². The lowest BCUT2D eigenvalue weighted by atomic mass is 10.1. The molecule has 0 aromatic rings. The number of carbonyl (C=O) groups is 2. The Balaban J connectivity index is 2.36. The van der Waals surface area contributed by atoms with Crippen molar-refractivity contribution in [1.82, 2.24) is 15.5 Å². The summed E-state index contributed by atoms with van der Waals surface area (Å²) in [5, 5.41) is 6.15. The standard InChI is InChI=1S/C16H31N3O3/c1-12(2)18-14(20)11-17-13-7-6-9-19(10-8-13)15(21)22-16(3,4)5/h12-13,17H,6-11H2,1-5H3,(H,18,20). The number of hydrogen-bond acceptors (Lipinski definition) is 4. The SMILES string of the molecule is CC(C)NC(=O)CNC1CCCN(C(=O)OC(C)(C)C)CC1. The average molecular weight is 313 g/mol. The molecule has 1 aliphatic heterocycles. The summed E-state index contributed by atoms with van der Waals surface area (Å²) in [5.41, 5.74) is -0.462. The summed E-state index contributed by atoms with van der Waals surface area (Å²) in [5.74, 6) is 0.0169. The molecule has 6 nitrogen and oxygen atoms in total. The summed E-state index contributed by atoms with van der Waals surface area (Å²) in [7, 11) is 0. The molecule has 1 atom stereocenters. The Kier molecular flexibility index (Phi) is 7.13. The fraction of sp³-hybridized carbons (Fsp3) is 0.875. The molecule has 6 heteroatoms. The van der Waals surface area contributed by atoms with Crippen molar-refractivity contribution in [2.75, 3.05) is 19.6 Å². The molecule has 1 unspecified atom stereocenters. The molecule has 1 fully saturated rings. The molecule has 1 saturated heterocycles. The minimum Gasteiger partial charge on any atom is -0.444 e. The number of carbonyl (C=O) groups excluding carboxylic acids is 2. The first kappa shape index (κ1) is 18.7. The zero-order chi connectivity index (χ0) is 16.8. The molecule has 0 aromatic carbocycles. The first-order valence-corrected chi connectivity index (χ1v) is 8.18. The first-order chi connectivity index (χ1) is 10.2. The van der Waals surface area contributed by atoms with Gasteiger partial charge in [0.25, 0.3) is 0 Å². The van der Waals surface area contributed by atoms with Gasteiger partial charge in [0.2, 0.25) is 5.91 Å². The summed E-state index contributed by atoms with van der Waals surface area (Å²) in [6.07, 6.45) is 2.48. The van der Waals surface area contributed by atoms with Gasteiger partial charge >= 0.3 is 6.09 Å². The summed E-state index contributed by atoms with van der Waals surface area (Å²) >= 11 is 0. The molecule has 0 saturated carbocycles. The van der Waals surface area contributed by atoms with E-state index in [2.05, 4.69) is 10.6 Å². The molecule has 1 aliphatic rings. The number of rotatable bonds is 4. The summed E-state index contributed by atoms with van der Waals surface area (Å²) < 4.78 is 5.41. The third-order valence-corrected chi connectivity index (χ3v) is 3.38. The largest absolute Gasteiger partial charge is 0.444 e. The van der Waals surface area contributed by atoms with Crippen molar-refractivity contribution in [1.29, 1.82) is 0 Å². The van der Waals surface area contributed by atoms with Crippen LogP contribution in [0.25, 0.3) is 0 Å². The van der Waals surface area contributed by atoms with E-state index < -0.39 is 5.60 Å². The van der Waals surface area contributed by atoms with Crippen molar-refractivity contribution in [3.63, 3.8) is 0 Å². The number of likely N-dealkylation sites (tertiary alicyclic amines) is 1. The normalized spacial score (nSPS) is 19.7. The molecule has 22 heavy (non-hydrogen) atoms. The van der Waals surface area contributed by atoms with Crippen LogP contribution in [0.3, 0.4) is 0 Å². The van der Waals surface area contributed by atoms with Crippen molar-refractivity contribution < 1.29 is 14.3 Å². The van der Waals surface area contributed by atoms with Crippen LogP contribution >= 0.6 is 0 Å². The van der Waals surface area contributed by atoms with E-state index in [9.17, 15) is 9.59 Å². The Bertz CT molecular complexity index is 377. The van der Waals surface area contributed by atoms with Gasteiger partial charge in [0, 0.05) is 25.2 Å². The Hall–Kier alpha value is -1.30. The lowest BCUT2D eigenvalue weighted by Gasteiger charge is -2.26. The van der Waals surface area contributed by atoms with Gasteiger partial charge in [-0.15, -0.1) is 0 Å². The van der Waals surface area contributed by atoms with Crippen LogP contribution in [0.2, 0.25) is 0 Å². The highest BCUT2D eigenvalue weighted by Gasteiger charge is 2.25. The summed E-state index contributed by atoms with van der Waals surface area (Å²) in [6.45, 7) is 11.2. The van der Waals surface area contributed by atoms with Crippen LogP contribution in [-0.2, 0) is 9.53 Å². The van der Waals surface area contributed by atoms with Gasteiger partial charge in [-0.25, -0.2) is 4.79 Å². The second-order valence-corrected chi connectivity index (χ2v) is 7.20. The molecule has 1 rings (SSSR count). The van der Waals surface area contributed by atoms with Gasteiger partial charge in [0.05, 0.1) is 6.54 Å². The molecule has 0 aliphatic carbocycles. The molecule has 0 radical (unpaired) electrons. The molecule has 128 valence electrons. The van der Waals surface area contributed by atoms with Gasteiger partial charge in [-0.05, 0) is 53.9 Å². The predicted octanol–water partition coefficient (Wildman–Crippen LogP) is 1.89. The minimum absolute atomic E-state index is 0.0169. The highest BCUT2D eigenvalue weighted by atomic mass is 16.6. The fourth-order valence-corrected chi connectivity index (χ4v) is 2.42. The number of nitrogens with one attached hydrogen (secondary N) is 2. The van der Waals surface area contributed by atoms with Gasteiger partial charge in [-0.1, -0.05) is 0 Å². The quantitative estimate of drug-likeness (QED) is 0.831. The lowest BCUT2D eigenvalue weighted by molar-refractivity contribution is -0.120. The molecular weight excluding hydrogens is 282 g/mol. The fourth-order valence-electron chi connectivity index (χ4n) is 2.42. The molecule has 2 amide bonds. The van der Waals surface area contributed by atoms with Crippen molar-refractivity contribution in [3.8, 4) is 0 Å². The molecule has 0 spiro atoms. The van der Waals surface area contributed by atoms with Crippen LogP contribution in [0.15, 0.2) is 0 Å². The second-order valence-electron chi connectivity index (χ2n) is 7.20. The van der Waals surface area contributed by atoms with Crippen molar-refractivity contribution in [3.05, 3.63) is 0 Å². The third-order valence-electron chi connectivity index (χ3n) is 3.38. The van der Waals surface area contributed by atoms with Crippen molar-refractivity contribution >= 4 is 12.0 Å². The monoisotopic (exact) mass is 313 g/mol. The first-order valence-electron chi connectivity index (χ1n) is 8.18. The Morgan fingerprint density at radius 1 is 1.23 bits per heavy atom. The van der Waals surface area contributed by atoms with E-state index in [1.165, 1.54) is 0 Å². The van der Waals surface area contributed by atoms with E-state index in [1.807, 2.05) is 34.6 Å². The van der Waals surface area contributed by atoms with Gasteiger partial charge in [-0.2, -0.15) is 0 Å². The minimum atomic E-state index is -0.462. The topological polar surface area (TPSA) is 70.7 Å². The smallest absolute Gasteiger partial charge is 0.410 e. The van der Waals surface area contributed by atoms with E-state index in [4.69, 9.17) is 4.74 Å². The van der Waals surface area contributed by atoms with E-state index in [-0.39, 0.29) is 24.1 Å². The van der Waals surface area contributed by atoms with E-state index in [0.29, 0.717) is 19.6 Å². The predicted molar refractivity (Wildman–Crippen MR) is 86.7 cm³/mol. The second kappa shape index (κ2) is 8.36. The Labute approximate surface area is 134 Å².